The van der Waals surface area contributed by atoms with Crippen LogP contribution in [0.1, 0.15) is 372 Å². The Hall–Kier alpha value is -4.16. The van der Waals surface area contributed by atoms with Crippen LogP contribution in [0, 0.1) is 44.3 Å². The third kappa shape index (κ3) is 36.3. The van der Waals surface area contributed by atoms with Crippen molar-refractivity contribution in [2.45, 2.75) is 397 Å². The molecule has 2 aliphatic rings. The predicted octanol–water partition coefficient (Wildman–Crippen LogP) is 24.3. The van der Waals surface area contributed by atoms with Crippen molar-refractivity contribution < 1.29 is 57.8 Å². The summed E-state index contributed by atoms with van der Waals surface area (Å²) in [5.74, 6) is 2.62. The van der Waals surface area contributed by atoms with E-state index in [1.807, 2.05) is 121 Å². The van der Waals surface area contributed by atoms with Crippen LogP contribution in [-0.4, -0.2) is 70.1 Å². The van der Waals surface area contributed by atoms with Crippen molar-refractivity contribution in [3.05, 3.63) is 59.7 Å². The van der Waals surface area contributed by atoms with Crippen molar-refractivity contribution in [3.8, 4) is 11.5 Å². The molecule has 96 heavy (non-hydrogen) atoms. The number of phenols is 2. The van der Waals surface area contributed by atoms with Gasteiger partial charge in [-0.1, -0.05) is 187 Å². The fourth-order valence-corrected chi connectivity index (χ4v) is 11.1. The van der Waals surface area contributed by atoms with Crippen molar-refractivity contribution >= 4 is 23.9 Å². The van der Waals surface area contributed by atoms with Gasteiger partial charge in [0.15, 0.2) is 0 Å². The fraction of sp³-hybridized carbons (Fsp3) is 0.810. The highest BCUT2D eigenvalue weighted by Gasteiger charge is 2.44. The van der Waals surface area contributed by atoms with E-state index in [4.69, 9.17) is 38.6 Å². The van der Waals surface area contributed by atoms with Crippen LogP contribution >= 0.6 is 0 Å². The van der Waals surface area contributed by atoms with E-state index in [2.05, 4.69) is 111 Å². The van der Waals surface area contributed by atoms with Gasteiger partial charge in [-0.3, -0.25) is 19.2 Å². The summed E-state index contributed by atoms with van der Waals surface area (Å²) in [5.41, 5.74) is 0.678. The van der Waals surface area contributed by atoms with Crippen molar-refractivity contribution in [2.24, 2.45) is 44.3 Å². The number of hydrogen-bond donors (Lipinski definition) is 2. The molecule has 560 valence electrons. The zero-order chi connectivity index (χ0) is 74.7. The summed E-state index contributed by atoms with van der Waals surface area (Å²) in [7, 11) is 0. The lowest BCUT2D eigenvalue weighted by Gasteiger charge is -2.42. The van der Waals surface area contributed by atoms with Crippen LogP contribution in [0.2, 0.25) is 0 Å². The van der Waals surface area contributed by atoms with Crippen molar-refractivity contribution in [1.29, 1.82) is 0 Å². The van der Waals surface area contributed by atoms with E-state index in [9.17, 15) is 19.2 Å². The molecule has 0 amide bonds. The van der Waals surface area contributed by atoms with Gasteiger partial charge >= 0.3 is 23.9 Å². The highest BCUT2D eigenvalue weighted by atomic mass is 16.7. The molecule has 4 unspecified atom stereocenters. The molecule has 2 N–H and O–H groups in total. The Kier molecular flexibility index (Phi) is 43.9. The van der Waals surface area contributed by atoms with Crippen LogP contribution in [0.3, 0.4) is 0 Å². The summed E-state index contributed by atoms with van der Waals surface area (Å²) >= 11 is 0. The minimum absolute atomic E-state index is 0.00993. The summed E-state index contributed by atoms with van der Waals surface area (Å²) < 4.78 is 34.6. The Bertz CT molecular complexity index is 2210. The van der Waals surface area contributed by atoms with Crippen LogP contribution in [-0.2, 0) is 47.6 Å². The number of esters is 4. The second-order valence-electron chi connectivity index (χ2n) is 33.3. The predicted molar refractivity (Wildman–Crippen MR) is 402 cm³/mol. The number of aromatic hydroxyl groups is 2. The van der Waals surface area contributed by atoms with Gasteiger partial charge in [-0.25, -0.2) is 0 Å². The molecule has 2 aliphatic carbocycles. The first-order valence-electron chi connectivity index (χ1n) is 38.0. The molecule has 2 aromatic carbocycles. The quantitative estimate of drug-likeness (QED) is 0.0471. The van der Waals surface area contributed by atoms with Crippen LogP contribution in [0.5, 0.6) is 11.5 Å². The molecular formula is C84H152O12. The number of ether oxygens (including phenoxy) is 6. The highest BCUT2D eigenvalue weighted by Crippen LogP contribution is 2.43. The SMILES string of the molecule is CCC(C)(C)C(=O)OC(CC(C)(C)C)OC(C)C.CCC(C)(C)C(=O)OC(CC(C)(C)C)OC(C)C.CCC(C)(C)C(=O)OC(CC)(CC)C1CCCCC1.CCC(C)(C)C(=O)OC(CC)(CC)C1CCCCC1.CCC(C)c1ccc(O)cc1.CCC(C)c1ccc(O)cc1. The highest BCUT2D eigenvalue weighted by molar-refractivity contribution is 5.77. The lowest BCUT2D eigenvalue weighted by molar-refractivity contribution is -0.203. The molecule has 2 aromatic rings. The number of rotatable bonds is 28. The molecule has 0 aliphatic heterocycles. The summed E-state index contributed by atoms with van der Waals surface area (Å²) in [6.45, 7) is 61.5. The van der Waals surface area contributed by atoms with Gasteiger partial charge < -0.3 is 38.6 Å². The normalized spacial score (nSPS) is 15.8. The first kappa shape index (κ1) is 93.9. The first-order chi connectivity index (χ1) is 44.3. The summed E-state index contributed by atoms with van der Waals surface area (Å²) in [6.07, 6.45) is 22.6. The van der Waals surface area contributed by atoms with E-state index in [1.165, 1.54) is 75.3 Å². The van der Waals surface area contributed by atoms with Gasteiger partial charge in [0, 0.05) is 12.8 Å². The topological polar surface area (TPSA) is 164 Å². The van der Waals surface area contributed by atoms with Gasteiger partial charge in [-0.2, -0.15) is 0 Å². The summed E-state index contributed by atoms with van der Waals surface area (Å²) in [4.78, 5) is 49.0. The Morgan fingerprint density at radius 3 is 0.812 bits per heavy atom. The van der Waals surface area contributed by atoms with Crippen LogP contribution in [0.25, 0.3) is 0 Å². The van der Waals surface area contributed by atoms with Crippen molar-refractivity contribution in [3.63, 3.8) is 0 Å². The van der Waals surface area contributed by atoms with E-state index in [0.29, 0.717) is 48.0 Å². The lowest BCUT2D eigenvalue weighted by atomic mass is 9.73. The maximum atomic E-state index is 12.4. The van der Waals surface area contributed by atoms with Gasteiger partial charge in [0.05, 0.1) is 33.9 Å². The van der Waals surface area contributed by atoms with Gasteiger partial charge in [0.25, 0.3) is 0 Å². The van der Waals surface area contributed by atoms with Gasteiger partial charge in [0.2, 0.25) is 12.6 Å². The van der Waals surface area contributed by atoms with E-state index in [-0.39, 0.29) is 68.9 Å². The van der Waals surface area contributed by atoms with Crippen molar-refractivity contribution in [2.75, 3.05) is 0 Å². The van der Waals surface area contributed by atoms with E-state index in [1.54, 1.807) is 24.3 Å². The lowest BCUT2D eigenvalue weighted by Crippen LogP contribution is -2.45. The molecule has 4 atom stereocenters. The maximum Gasteiger partial charge on any atom is 0.313 e. The molecule has 0 saturated heterocycles. The fourth-order valence-electron chi connectivity index (χ4n) is 11.1. The second-order valence-corrected chi connectivity index (χ2v) is 33.3. The molecular weight excluding hydrogens is 1200 g/mol. The monoisotopic (exact) mass is 1350 g/mol. The zero-order valence-electron chi connectivity index (χ0n) is 67.8. The Labute approximate surface area is 591 Å². The molecule has 2 fully saturated rings. The number of carbonyl (C=O) groups excluding carboxylic acids is 4. The minimum atomic E-state index is -0.455. The number of hydrogen-bond acceptors (Lipinski definition) is 12. The van der Waals surface area contributed by atoms with E-state index < -0.39 is 23.4 Å². The van der Waals surface area contributed by atoms with Gasteiger partial charge in [-0.15, -0.1) is 0 Å². The largest absolute Gasteiger partial charge is 0.508 e. The number of benzene rings is 2. The summed E-state index contributed by atoms with van der Waals surface area (Å²) in [6, 6.07) is 14.9. The molecule has 12 nitrogen and oxygen atoms in total. The zero-order valence-corrected chi connectivity index (χ0v) is 67.8. The Balaban J connectivity index is 0. The minimum Gasteiger partial charge on any atom is -0.508 e. The smallest absolute Gasteiger partial charge is 0.313 e. The average molecular weight is 1350 g/mol. The maximum absolute atomic E-state index is 12.4. The standard InChI is InChI=1S/2C17H32O2.2C15H30O3.2C10H14O/c2*1-6-16(4,5)15(18)19-17(7-2,8-3)14-12-10-9-11-13-14;2*1-9-15(7,8)13(16)18-12(17-11(2)3)10-14(4,5)6;2*1-3-8(2)9-4-6-10(11)7-5-9/h2*14H,6-13H2,1-5H3;2*11-12H,9-10H2,1-8H3;2*4-8,11H,3H2,1-2H3. The molecule has 0 spiro atoms. The molecule has 0 aromatic heterocycles. The van der Waals surface area contributed by atoms with Gasteiger partial charge in [0.1, 0.15) is 22.7 Å². The van der Waals surface area contributed by atoms with Gasteiger partial charge in [-0.05, 0) is 243 Å². The second kappa shape index (κ2) is 44.9. The van der Waals surface area contributed by atoms with E-state index >= 15 is 0 Å². The van der Waals surface area contributed by atoms with Crippen LogP contribution in [0.4, 0.5) is 0 Å². The molecule has 12 heteroatoms. The Morgan fingerprint density at radius 1 is 0.375 bits per heavy atom. The third-order valence-electron chi connectivity index (χ3n) is 20.5. The Morgan fingerprint density at radius 2 is 0.615 bits per heavy atom. The molecule has 2 saturated carbocycles. The summed E-state index contributed by atoms with van der Waals surface area (Å²) in [5, 5.41) is 18.0. The number of phenolic OH excluding ortho intramolecular Hbond substituents is 2. The molecule has 4 rings (SSSR count). The van der Waals surface area contributed by atoms with Crippen molar-refractivity contribution in [1.82, 2.24) is 0 Å². The third-order valence-corrected chi connectivity index (χ3v) is 20.5. The van der Waals surface area contributed by atoms with Crippen LogP contribution < -0.4 is 0 Å². The van der Waals surface area contributed by atoms with Crippen LogP contribution in [0.15, 0.2) is 48.5 Å². The number of carbonyl (C=O) groups is 4. The van der Waals surface area contributed by atoms with E-state index in [0.717, 1.165) is 64.2 Å². The molecule has 0 radical (unpaired) electrons. The molecule has 0 heterocycles. The average Bonchev–Trinajstić information content (AvgIpc) is 0.823. The molecule has 0 bridgehead atoms. The first-order valence-corrected chi connectivity index (χ1v) is 38.0.